The van der Waals surface area contributed by atoms with Crippen molar-refractivity contribution in [3.05, 3.63) is 15.0 Å². The van der Waals surface area contributed by atoms with E-state index in [1.54, 1.807) is 4.90 Å². The van der Waals surface area contributed by atoms with E-state index in [-0.39, 0.29) is 16.8 Å². The van der Waals surface area contributed by atoms with Gasteiger partial charge in [-0.25, -0.2) is 0 Å². The Morgan fingerprint density at radius 2 is 1.96 bits per heavy atom. The molecule has 2 amide bonds. The van der Waals surface area contributed by atoms with Crippen LogP contribution < -0.4 is 5.32 Å². The number of anilines is 1. The van der Waals surface area contributed by atoms with Crippen LogP contribution in [0, 0.1) is 6.92 Å². The monoisotopic (exact) mass is 368 g/mol. The molecule has 0 aliphatic carbocycles. The lowest BCUT2D eigenvalue weighted by atomic mass is 10.2. The highest BCUT2D eigenvalue weighted by atomic mass is 32.1. The van der Waals surface area contributed by atoms with Gasteiger partial charge in [0.2, 0.25) is 16.0 Å². The number of ether oxygens (including phenoxy) is 1. The highest BCUT2D eigenvalue weighted by molar-refractivity contribution is 7.15. The van der Waals surface area contributed by atoms with Crippen LogP contribution in [0.2, 0.25) is 0 Å². The number of aryl methyl sites for hydroxylation is 2. The van der Waals surface area contributed by atoms with Crippen LogP contribution in [0.1, 0.15) is 26.2 Å². The first-order chi connectivity index (χ1) is 11.6. The molecule has 0 saturated carbocycles. The van der Waals surface area contributed by atoms with Crippen molar-refractivity contribution >= 4 is 39.6 Å². The number of morpholine rings is 1. The highest BCUT2D eigenvalue weighted by Gasteiger charge is 2.19. The Labute approximate surface area is 146 Å². The molecule has 0 unspecified atom stereocenters. The Balaban J connectivity index is 1.51. The summed E-state index contributed by atoms with van der Waals surface area (Å²) < 4.78 is 5.23. The third-order valence-corrected chi connectivity index (χ3v) is 5.06. The van der Waals surface area contributed by atoms with Crippen molar-refractivity contribution in [1.29, 1.82) is 0 Å². The van der Waals surface area contributed by atoms with Crippen molar-refractivity contribution in [2.24, 2.45) is 0 Å². The Bertz CT molecular complexity index is 725. The lowest BCUT2D eigenvalue weighted by Crippen LogP contribution is -2.40. The minimum Gasteiger partial charge on any atom is -0.378 e. The number of nitrogens with one attached hydrogen (secondary N) is 1. The minimum atomic E-state index is -0.366. The summed E-state index contributed by atoms with van der Waals surface area (Å²) in [5, 5.41) is 20.3. The molecule has 2 aromatic heterocycles. The van der Waals surface area contributed by atoms with Crippen molar-refractivity contribution in [2.75, 3.05) is 31.6 Å². The number of aromatic nitrogens is 4. The molecule has 1 aliphatic heterocycles. The van der Waals surface area contributed by atoms with E-state index < -0.39 is 0 Å². The van der Waals surface area contributed by atoms with Gasteiger partial charge in [0.05, 0.1) is 13.2 Å². The summed E-state index contributed by atoms with van der Waals surface area (Å²) in [6.45, 7) is 4.23. The molecule has 0 atom stereocenters. The van der Waals surface area contributed by atoms with Gasteiger partial charge in [-0.3, -0.25) is 14.9 Å². The fourth-order valence-electron chi connectivity index (χ4n) is 2.13. The molecule has 1 saturated heterocycles. The second-order valence-corrected chi connectivity index (χ2v) is 7.32. The van der Waals surface area contributed by atoms with E-state index in [1.807, 2.05) is 6.92 Å². The van der Waals surface area contributed by atoms with E-state index in [2.05, 4.69) is 25.7 Å². The summed E-state index contributed by atoms with van der Waals surface area (Å²) in [5.74, 6) is -0.293. The molecule has 0 radical (unpaired) electrons. The number of amides is 2. The molecule has 24 heavy (non-hydrogen) atoms. The Hall–Kier alpha value is -1.98. The minimum absolute atomic E-state index is 0.0730. The molecule has 1 N–H and O–H groups in total. The van der Waals surface area contributed by atoms with Gasteiger partial charge in [0, 0.05) is 25.9 Å². The number of nitrogens with zero attached hydrogens (tertiary/aromatic N) is 5. The van der Waals surface area contributed by atoms with Crippen LogP contribution in [0.3, 0.4) is 0 Å². The molecule has 3 rings (SSSR count). The third kappa shape index (κ3) is 4.30. The normalized spacial score (nSPS) is 14.6. The average Bonchev–Trinajstić information content (AvgIpc) is 3.22. The van der Waals surface area contributed by atoms with Gasteiger partial charge < -0.3 is 9.64 Å². The average molecular weight is 368 g/mol. The van der Waals surface area contributed by atoms with E-state index >= 15 is 0 Å². The SMILES string of the molecule is Cc1nnc(NC(=O)c2nnc(CCC(=O)N3CCOCC3)s2)s1. The van der Waals surface area contributed by atoms with Crippen LogP contribution in [-0.4, -0.2) is 63.4 Å². The van der Waals surface area contributed by atoms with Crippen LogP contribution in [0.15, 0.2) is 0 Å². The molecule has 11 heteroatoms. The largest absolute Gasteiger partial charge is 0.378 e. The van der Waals surface area contributed by atoms with Gasteiger partial charge in [-0.2, -0.15) is 0 Å². The standard InChI is InChI=1S/C13H16N6O3S2/c1-8-15-18-13(23-8)14-11(21)12-17-16-9(24-12)2-3-10(20)19-4-6-22-7-5-19/h2-7H2,1H3,(H,14,18,21). The van der Waals surface area contributed by atoms with Gasteiger partial charge in [-0.1, -0.05) is 22.7 Å². The summed E-state index contributed by atoms with van der Waals surface area (Å²) in [6.07, 6.45) is 0.824. The smallest absolute Gasteiger partial charge is 0.288 e. The summed E-state index contributed by atoms with van der Waals surface area (Å²) in [6, 6.07) is 0. The zero-order valence-electron chi connectivity index (χ0n) is 13.0. The predicted octanol–water partition coefficient (Wildman–Crippen LogP) is 0.742. The van der Waals surface area contributed by atoms with Gasteiger partial charge in [-0.05, 0) is 6.92 Å². The number of hydrogen-bond acceptors (Lipinski definition) is 9. The first-order valence-corrected chi connectivity index (χ1v) is 9.04. The predicted molar refractivity (Wildman–Crippen MR) is 88.2 cm³/mol. The summed E-state index contributed by atoms with van der Waals surface area (Å²) >= 11 is 2.47. The third-order valence-electron chi connectivity index (χ3n) is 3.32. The Kier molecular flexibility index (Phi) is 5.43. The molecule has 0 aromatic carbocycles. The van der Waals surface area contributed by atoms with E-state index in [4.69, 9.17) is 4.74 Å². The fraction of sp³-hybridized carbons (Fsp3) is 0.538. The number of hydrogen-bond donors (Lipinski definition) is 1. The maximum Gasteiger partial charge on any atom is 0.288 e. The molecule has 2 aromatic rings. The fourth-order valence-corrected chi connectivity index (χ4v) is 3.45. The summed E-state index contributed by atoms with van der Waals surface area (Å²) in [7, 11) is 0. The van der Waals surface area contributed by atoms with Crippen molar-refractivity contribution in [2.45, 2.75) is 19.8 Å². The van der Waals surface area contributed by atoms with Crippen molar-refractivity contribution in [3.63, 3.8) is 0 Å². The van der Waals surface area contributed by atoms with Crippen LogP contribution in [0.25, 0.3) is 0 Å². The molecule has 3 heterocycles. The van der Waals surface area contributed by atoms with Gasteiger partial charge >= 0.3 is 0 Å². The second kappa shape index (κ2) is 7.73. The van der Waals surface area contributed by atoms with Crippen molar-refractivity contribution in [3.8, 4) is 0 Å². The summed E-state index contributed by atoms with van der Waals surface area (Å²) in [5.41, 5.74) is 0. The number of carbonyl (C=O) groups is 2. The number of carbonyl (C=O) groups excluding carboxylic acids is 2. The molecule has 128 valence electrons. The maximum atomic E-state index is 12.1. The molecule has 0 spiro atoms. The van der Waals surface area contributed by atoms with Crippen molar-refractivity contribution in [1.82, 2.24) is 25.3 Å². The van der Waals surface area contributed by atoms with E-state index in [0.717, 1.165) is 5.01 Å². The van der Waals surface area contributed by atoms with Crippen LogP contribution in [-0.2, 0) is 16.0 Å². The van der Waals surface area contributed by atoms with Crippen LogP contribution in [0.5, 0.6) is 0 Å². The molecule has 1 fully saturated rings. The zero-order chi connectivity index (χ0) is 16.9. The van der Waals surface area contributed by atoms with Crippen LogP contribution >= 0.6 is 22.7 Å². The quantitative estimate of drug-likeness (QED) is 0.829. The zero-order valence-corrected chi connectivity index (χ0v) is 14.7. The lowest BCUT2D eigenvalue weighted by Gasteiger charge is -2.26. The molecule has 1 aliphatic rings. The van der Waals surface area contributed by atoms with Crippen molar-refractivity contribution < 1.29 is 14.3 Å². The molecular formula is C13H16N6O3S2. The lowest BCUT2D eigenvalue weighted by molar-refractivity contribution is -0.135. The molecular weight excluding hydrogens is 352 g/mol. The van der Waals surface area contributed by atoms with Gasteiger partial charge in [0.15, 0.2) is 0 Å². The van der Waals surface area contributed by atoms with E-state index in [1.165, 1.54) is 22.7 Å². The summed E-state index contributed by atoms with van der Waals surface area (Å²) in [4.78, 5) is 25.9. The number of rotatable bonds is 5. The van der Waals surface area contributed by atoms with E-state index in [0.29, 0.717) is 49.3 Å². The first-order valence-electron chi connectivity index (χ1n) is 7.41. The maximum absolute atomic E-state index is 12.1. The Morgan fingerprint density at radius 1 is 1.17 bits per heavy atom. The topological polar surface area (TPSA) is 110 Å². The first kappa shape index (κ1) is 16.9. The molecule has 9 nitrogen and oxygen atoms in total. The second-order valence-electron chi connectivity index (χ2n) is 5.07. The van der Waals surface area contributed by atoms with Gasteiger partial charge in [0.1, 0.15) is 10.0 Å². The van der Waals surface area contributed by atoms with Gasteiger partial charge in [-0.15, -0.1) is 20.4 Å². The van der Waals surface area contributed by atoms with E-state index in [9.17, 15) is 9.59 Å². The van der Waals surface area contributed by atoms with Crippen LogP contribution in [0.4, 0.5) is 5.13 Å². The molecule has 0 bridgehead atoms. The highest BCUT2D eigenvalue weighted by Crippen LogP contribution is 2.17. The Morgan fingerprint density at radius 3 is 2.67 bits per heavy atom. The van der Waals surface area contributed by atoms with Gasteiger partial charge in [0.25, 0.3) is 5.91 Å².